The van der Waals surface area contributed by atoms with E-state index in [0.717, 1.165) is 0 Å². The highest BCUT2D eigenvalue weighted by molar-refractivity contribution is 5.34. The van der Waals surface area contributed by atoms with Crippen molar-refractivity contribution in [3.63, 3.8) is 0 Å². The van der Waals surface area contributed by atoms with Crippen LogP contribution in [0.25, 0.3) is 0 Å². The molecule has 0 aliphatic heterocycles. The minimum absolute atomic E-state index is 0.0663. The first kappa shape index (κ1) is 16.4. The van der Waals surface area contributed by atoms with Crippen LogP contribution in [0.2, 0.25) is 0 Å². The van der Waals surface area contributed by atoms with Crippen molar-refractivity contribution in [1.29, 1.82) is 10.5 Å². The van der Waals surface area contributed by atoms with E-state index in [1.165, 1.54) is 19.9 Å². The number of nitro groups is 1. The van der Waals surface area contributed by atoms with E-state index >= 15 is 0 Å². The van der Waals surface area contributed by atoms with Gasteiger partial charge in [0.25, 0.3) is 0 Å². The molecule has 0 bridgehead atoms. The molecule has 1 unspecified atom stereocenters. The van der Waals surface area contributed by atoms with Crippen LogP contribution in [-0.2, 0) is 0 Å². The Morgan fingerprint density at radius 1 is 1.33 bits per heavy atom. The quantitative estimate of drug-likeness (QED) is 0.454. The molecule has 0 radical (unpaired) electrons. The predicted octanol–water partition coefficient (Wildman–Crippen LogP) is 3.44. The molecule has 0 saturated carbocycles. The zero-order chi connectivity index (χ0) is 16.1. The van der Waals surface area contributed by atoms with Gasteiger partial charge in [-0.15, -0.1) is 6.58 Å². The summed E-state index contributed by atoms with van der Waals surface area (Å²) in [6.45, 7) is 6.46. The fourth-order valence-electron chi connectivity index (χ4n) is 2.64. The summed E-state index contributed by atoms with van der Waals surface area (Å²) in [6, 6.07) is 12.7. The van der Waals surface area contributed by atoms with Crippen LogP contribution in [0.5, 0.6) is 0 Å². The molecule has 5 nitrogen and oxygen atoms in total. The lowest BCUT2D eigenvalue weighted by Crippen LogP contribution is -2.46. The van der Waals surface area contributed by atoms with Gasteiger partial charge in [0.2, 0.25) is 5.54 Å². The Hall–Kier alpha value is -2.66. The van der Waals surface area contributed by atoms with E-state index < -0.39 is 21.8 Å². The number of rotatable bonds is 6. The molecule has 1 aromatic carbocycles. The van der Waals surface area contributed by atoms with Crippen molar-refractivity contribution in [2.45, 2.75) is 31.7 Å². The number of allylic oxidation sites excluding steroid dienone is 1. The van der Waals surface area contributed by atoms with Crippen LogP contribution in [-0.4, -0.2) is 10.5 Å². The van der Waals surface area contributed by atoms with Crippen molar-refractivity contribution in [2.24, 2.45) is 5.41 Å². The van der Waals surface area contributed by atoms with Gasteiger partial charge in [-0.05, 0) is 12.0 Å². The second kappa shape index (κ2) is 6.19. The molecule has 1 atom stereocenters. The summed E-state index contributed by atoms with van der Waals surface area (Å²) in [4.78, 5) is 11.0. The van der Waals surface area contributed by atoms with Crippen LogP contribution in [0.15, 0.2) is 43.0 Å². The van der Waals surface area contributed by atoms with Crippen LogP contribution < -0.4 is 0 Å². The molecule has 108 valence electrons. The third kappa shape index (κ3) is 2.93. The van der Waals surface area contributed by atoms with E-state index in [-0.39, 0.29) is 6.42 Å². The predicted molar refractivity (Wildman–Crippen MR) is 78.7 cm³/mol. The lowest BCUT2D eigenvalue weighted by Gasteiger charge is -2.35. The van der Waals surface area contributed by atoms with Gasteiger partial charge in [0.15, 0.2) is 5.41 Å². The molecule has 0 saturated heterocycles. The third-order valence-corrected chi connectivity index (χ3v) is 3.67. The van der Waals surface area contributed by atoms with Crippen LogP contribution in [0.4, 0.5) is 0 Å². The summed E-state index contributed by atoms with van der Waals surface area (Å²) in [5.41, 5.74) is -2.39. The monoisotopic (exact) mass is 283 g/mol. The fourth-order valence-corrected chi connectivity index (χ4v) is 2.64. The molecule has 0 aliphatic rings. The molecule has 21 heavy (non-hydrogen) atoms. The summed E-state index contributed by atoms with van der Waals surface area (Å²) in [5.74, 6) is -0.866. The Morgan fingerprint density at radius 3 is 2.24 bits per heavy atom. The SMILES string of the molecule is C=CCC(C#N)(C#N)C(c1ccccc1)C(C)(C)[N+](=O)[O-]. The highest BCUT2D eigenvalue weighted by Crippen LogP contribution is 2.46. The summed E-state index contributed by atoms with van der Waals surface area (Å²) < 4.78 is 0. The van der Waals surface area contributed by atoms with Crippen LogP contribution >= 0.6 is 0 Å². The minimum atomic E-state index is -1.53. The molecule has 1 aromatic rings. The first-order valence-electron chi connectivity index (χ1n) is 6.48. The van der Waals surface area contributed by atoms with Crippen molar-refractivity contribution >= 4 is 0 Å². The Bertz CT molecular complexity index is 595. The molecular weight excluding hydrogens is 266 g/mol. The zero-order valence-corrected chi connectivity index (χ0v) is 12.1. The van der Waals surface area contributed by atoms with Gasteiger partial charge in [0.05, 0.1) is 18.1 Å². The summed E-state index contributed by atoms with van der Waals surface area (Å²) in [6.07, 6.45) is 1.52. The average molecular weight is 283 g/mol. The van der Waals surface area contributed by atoms with Crippen molar-refractivity contribution < 1.29 is 4.92 Å². The number of nitriles is 2. The number of nitrogens with zero attached hydrogens (tertiary/aromatic N) is 3. The molecule has 0 fully saturated rings. The van der Waals surface area contributed by atoms with Crippen LogP contribution in [0.1, 0.15) is 31.7 Å². The molecule has 0 amide bonds. The number of benzene rings is 1. The molecule has 0 heterocycles. The van der Waals surface area contributed by atoms with Gasteiger partial charge in [-0.25, -0.2) is 0 Å². The summed E-state index contributed by atoms with van der Waals surface area (Å²) in [5, 5.41) is 30.6. The Balaban J connectivity index is 3.61. The third-order valence-electron chi connectivity index (χ3n) is 3.67. The standard InChI is InChI=1S/C16H17N3O2/c1-4-10-16(11-17,12-18)14(15(2,3)19(20)21)13-8-6-5-7-9-13/h4-9,14H,1,10H2,2-3H3. The highest BCUT2D eigenvalue weighted by Gasteiger charge is 2.54. The van der Waals surface area contributed by atoms with E-state index in [0.29, 0.717) is 5.56 Å². The van der Waals surface area contributed by atoms with Gasteiger partial charge in [-0.3, -0.25) is 10.1 Å². The Morgan fingerprint density at radius 2 is 1.86 bits per heavy atom. The van der Waals surface area contributed by atoms with Crippen molar-refractivity contribution in [3.05, 3.63) is 58.7 Å². The van der Waals surface area contributed by atoms with E-state index in [1.54, 1.807) is 30.3 Å². The molecular formula is C16H17N3O2. The maximum Gasteiger partial charge on any atom is 0.226 e. The highest BCUT2D eigenvalue weighted by atomic mass is 16.6. The van der Waals surface area contributed by atoms with Crippen LogP contribution in [0.3, 0.4) is 0 Å². The van der Waals surface area contributed by atoms with Gasteiger partial charge in [0, 0.05) is 18.8 Å². The maximum atomic E-state index is 11.5. The fraction of sp³-hybridized carbons (Fsp3) is 0.375. The van der Waals surface area contributed by atoms with Crippen molar-refractivity contribution in [1.82, 2.24) is 0 Å². The second-order valence-electron chi connectivity index (χ2n) is 5.44. The zero-order valence-electron chi connectivity index (χ0n) is 12.1. The van der Waals surface area contributed by atoms with Gasteiger partial charge in [0.1, 0.15) is 0 Å². The largest absolute Gasteiger partial charge is 0.264 e. The topological polar surface area (TPSA) is 90.7 Å². The van der Waals surface area contributed by atoms with E-state index in [4.69, 9.17) is 0 Å². The molecule has 0 N–H and O–H groups in total. The summed E-state index contributed by atoms with van der Waals surface area (Å²) >= 11 is 0. The van der Waals surface area contributed by atoms with Gasteiger partial charge in [-0.1, -0.05) is 36.4 Å². The van der Waals surface area contributed by atoms with E-state index in [2.05, 4.69) is 6.58 Å². The number of hydrogen-bond acceptors (Lipinski definition) is 4. The maximum absolute atomic E-state index is 11.5. The molecule has 0 aromatic heterocycles. The first-order chi connectivity index (χ1) is 9.85. The lowest BCUT2D eigenvalue weighted by molar-refractivity contribution is -0.567. The van der Waals surface area contributed by atoms with Crippen molar-refractivity contribution in [3.8, 4) is 12.1 Å². The van der Waals surface area contributed by atoms with Crippen molar-refractivity contribution in [2.75, 3.05) is 0 Å². The first-order valence-corrected chi connectivity index (χ1v) is 6.48. The van der Waals surface area contributed by atoms with Crippen LogP contribution in [0, 0.1) is 38.2 Å². The normalized spacial score (nSPS) is 12.8. The van der Waals surface area contributed by atoms with Gasteiger partial charge < -0.3 is 0 Å². The van der Waals surface area contributed by atoms with E-state index in [1.807, 2.05) is 12.1 Å². The average Bonchev–Trinajstić information content (AvgIpc) is 2.47. The van der Waals surface area contributed by atoms with Gasteiger partial charge in [-0.2, -0.15) is 10.5 Å². The van der Waals surface area contributed by atoms with E-state index in [9.17, 15) is 20.6 Å². The number of hydrogen-bond donors (Lipinski definition) is 0. The molecule has 0 spiro atoms. The van der Waals surface area contributed by atoms with Gasteiger partial charge >= 0.3 is 0 Å². The minimum Gasteiger partial charge on any atom is -0.264 e. The molecule has 1 rings (SSSR count). The second-order valence-corrected chi connectivity index (χ2v) is 5.44. The molecule has 5 heteroatoms. The lowest BCUT2D eigenvalue weighted by atomic mass is 9.64. The Kier molecular flexibility index (Phi) is 4.84. The molecule has 0 aliphatic carbocycles. The Labute approximate surface area is 124 Å². The smallest absolute Gasteiger partial charge is 0.226 e. The summed E-state index contributed by atoms with van der Waals surface area (Å²) in [7, 11) is 0.